The van der Waals surface area contributed by atoms with Crippen LogP contribution >= 0.6 is 11.3 Å². The van der Waals surface area contributed by atoms with Crippen molar-refractivity contribution in [2.75, 3.05) is 0 Å². The van der Waals surface area contributed by atoms with E-state index in [4.69, 9.17) is 0 Å². The number of halogens is 3. The zero-order valence-electron chi connectivity index (χ0n) is 9.53. The molecule has 1 radical (unpaired) electrons. The van der Waals surface area contributed by atoms with Gasteiger partial charge < -0.3 is 0 Å². The molecule has 0 saturated carbocycles. The molecule has 0 unspecified atom stereocenters. The van der Waals surface area contributed by atoms with Gasteiger partial charge in [0.25, 0.3) is 0 Å². The highest BCUT2D eigenvalue weighted by Gasteiger charge is 2.34. The van der Waals surface area contributed by atoms with E-state index in [9.17, 15) is 13.2 Å². The van der Waals surface area contributed by atoms with Gasteiger partial charge in [0.15, 0.2) is 0 Å². The Morgan fingerprint density at radius 1 is 1.11 bits per heavy atom. The van der Waals surface area contributed by atoms with Gasteiger partial charge in [0.1, 0.15) is 5.01 Å². The summed E-state index contributed by atoms with van der Waals surface area (Å²) in [6, 6.07) is 13.6. The van der Waals surface area contributed by atoms with Gasteiger partial charge in [-0.2, -0.15) is 13.2 Å². The molecule has 0 N–H and O–H groups in total. The lowest BCUT2D eigenvalue weighted by Gasteiger charge is -2.10. The molecule has 0 aliphatic heterocycles. The average Bonchev–Trinajstić information content (AvgIpc) is 2.81. The molecule has 0 bridgehead atoms. The third-order valence-corrected chi connectivity index (χ3v) is 3.76. The van der Waals surface area contributed by atoms with Gasteiger partial charge in [-0.1, -0.05) is 18.2 Å². The molecule has 1 aromatic heterocycles. The van der Waals surface area contributed by atoms with Gasteiger partial charge in [-0.3, -0.25) is 0 Å². The number of hydrogen-bond donors (Lipinski definition) is 0. The normalized spacial score (nSPS) is 11.9. The lowest BCUT2D eigenvalue weighted by atomic mass is 10.1. The van der Waals surface area contributed by atoms with Crippen LogP contribution in [0.1, 0.15) is 5.56 Å². The molecule has 0 atom stereocenters. The number of thiazole rings is 1. The van der Waals surface area contributed by atoms with Crippen molar-refractivity contribution in [3.8, 4) is 10.6 Å². The lowest BCUT2D eigenvalue weighted by molar-refractivity contribution is -0.137. The van der Waals surface area contributed by atoms with Gasteiger partial charge in [-0.05, 0) is 30.3 Å². The molecule has 5 heteroatoms. The summed E-state index contributed by atoms with van der Waals surface area (Å²) in [5.74, 6) is 0. The average molecular weight is 278 g/mol. The van der Waals surface area contributed by atoms with Crippen molar-refractivity contribution in [1.82, 2.24) is 4.98 Å². The van der Waals surface area contributed by atoms with Crippen molar-refractivity contribution in [2.45, 2.75) is 6.18 Å². The molecule has 1 nitrogen and oxygen atoms in total. The quantitative estimate of drug-likeness (QED) is 0.624. The summed E-state index contributed by atoms with van der Waals surface area (Å²) in [7, 11) is 0. The van der Waals surface area contributed by atoms with Crippen molar-refractivity contribution < 1.29 is 13.2 Å². The van der Waals surface area contributed by atoms with Crippen LogP contribution in [0, 0.1) is 6.07 Å². The molecule has 95 valence electrons. The minimum Gasteiger partial charge on any atom is -0.236 e. The Kier molecular flexibility index (Phi) is 2.78. The van der Waals surface area contributed by atoms with Gasteiger partial charge >= 0.3 is 6.18 Å². The summed E-state index contributed by atoms with van der Waals surface area (Å²) in [4.78, 5) is 4.26. The zero-order valence-corrected chi connectivity index (χ0v) is 10.3. The number of benzene rings is 2. The highest BCUT2D eigenvalue weighted by atomic mass is 32.1. The predicted octanol–water partition coefficient (Wildman–Crippen LogP) is 4.78. The van der Waals surface area contributed by atoms with E-state index in [1.54, 1.807) is 6.07 Å². The van der Waals surface area contributed by atoms with Crippen LogP contribution in [-0.4, -0.2) is 4.98 Å². The van der Waals surface area contributed by atoms with E-state index < -0.39 is 11.7 Å². The summed E-state index contributed by atoms with van der Waals surface area (Å²) in [6.07, 6.45) is -4.39. The van der Waals surface area contributed by atoms with Crippen LogP contribution in [0.2, 0.25) is 0 Å². The number of para-hydroxylation sites is 1. The molecule has 0 fully saturated rings. The third kappa shape index (κ3) is 2.21. The largest absolute Gasteiger partial charge is 0.417 e. The fraction of sp³-hybridized carbons (Fsp3) is 0.0714. The van der Waals surface area contributed by atoms with Crippen molar-refractivity contribution >= 4 is 21.6 Å². The molecule has 3 aromatic rings. The van der Waals surface area contributed by atoms with Crippen LogP contribution in [0.4, 0.5) is 13.2 Å². The van der Waals surface area contributed by atoms with E-state index in [1.807, 2.05) is 18.2 Å². The molecular weight excluding hydrogens is 271 g/mol. The summed E-state index contributed by atoms with van der Waals surface area (Å²) in [5.41, 5.74) is 0.112. The zero-order chi connectivity index (χ0) is 13.5. The second kappa shape index (κ2) is 4.35. The summed E-state index contributed by atoms with van der Waals surface area (Å²) >= 11 is 1.25. The van der Waals surface area contributed by atoms with E-state index in [1.165, 1.54) is 23.5 Å². The minimum atomic E-state index is -4.39. The standard InChI is InChI=1S/C14H7F3NS/c15-14(16,17)10-6-2-1-5-9(10)13-18-11-7-3-4-8-12(11)19-13/h2-8H. The highest BCUT2D eigenvalue weighted by Crippen LogP contribution is 2.39. The number of rotatable bonds is 1. The second-order valence-electron chi connectivity index (χ2n) is 3.96. The molecule has 0 saturated heterocycles. The van der Waals surface area contributed by atoms with Crippen LogP contribution < -0.4 is 0 Å². The SMILES string of the molecule is FC(F)(F)c1cc[c]cc1-c1nc2ccccc2s1. The molecule has 1 heterocycles. The van der Waals surface area contributed by atoms with Gasteiger partial charge in [0.2, 0.25) is 0 Å². The van der Waals surface area contributed by atoms with Crippen molar-refractivity contribution in [3.63, 3.8) is 0 Å². The Balaban J connectivity index is 2.22. The number of alkyl halides is 3. The minimum absolute atomic E-state index is 0.0798. The second-order valence-corrected chi connectivity index (χ2v) is 4.99. The summed E-state index contributed by atoms with van der Waals surface area (Å²) in [6.45, 7) is 0. The highest BCUT2D eigenvalue weighted by molar-refractivity contribution is 7.21. The first-order chi connectivity index (χ1) is 9.05. The molecule has 0 aliphatic rings. The lowest BCUT2D eigenvalue weighted by Crippen LogP contribution is -2.06. The van der Waals surface area contributed by atoms with Crippen molar-refractivity contribution in [1.29, 1.82) is 0 Å². The van der Waals surface area contributed by atoms with E-state index in [2.05, 4.69) is 11.1 Å². The first-order valence-corrected chi connectivity index (χ1v) is 6.30. The summed E-state index contributed by atoms with van der Waals surface area (Å²) < 4.78 is 39.7. The molecular formula is C14H7F3NS. The van der Waals surface area contributed by atoms with Gasteiger partial charge in [0.05, 0.1) is 15.8 Å². The third-order valence-electron chi connectivity index (χ3n) is 2.69. The van der Waals surface area contributed by atoms with Crippen LogP contribution in [-0.2, 0) is 6.18 Å². The topological polar surface area (TPSA) is 12.9 Å². The van der Waals surface area contributed by atoms with Gasteiger partial charge in [-0.25, -0.2) is 4.98 Å². The predicted molar refractivity (Wildman–Crippen MR) is 68.9 cm³/mol. The van der Waals surface area contributed by atoms with E-state index in [0.717, 1.165) is 10.8 Å². The molecule has 0 aliphatic carbocycles. The first kappa shape index (κ1) is 12.2. The molecule has 19 heavy (non-hydrogen) atoms. The Hall–Kier alpha value is -1.88. The number of nitrogens with zero attached hydrogens (tertiary/aromatic N) is 1. The Morgan fingerprint density at radius 2 is 1.89 bits per heavy atom. The van der Waals surface area contributed by atoms with Crippen LogP contribution in [0.15, 0.2) is 42.5 Å². The number of fused-ring (bicyclic) bond motifs is 1. The fourth-order valence-corrected chi connectivity index (χ4v) is 2.84. The van der Waals surface area contributed by atoms with Crippen LogP contribution in [0.25, 0.3) is 20.8 Å². The summed E-state index contributed by atoms with van der Waals surface area (Å²) in [5, 5.41) is 0.366. The Labute approximate surface area is 111 Å². The van der Waals surface area contributed by atoms with E-state index >= 15 is 0 Å². The molecule has 0 amide bonds. The Bertz CT molecular complexity index is 698. The monoisotopic (exact) mass is 278 g/mol. The molecule has 2 aromatic carbocycles. The molecule has 3 rings (SSSR count). The maximum atomic E-state index is 13.0. The van der Waals surface area contributed by atoms with Crippen LogP contribution in [0.3, 0.4) is 0 Å². The molecule has 0 spiro atoms. The maximum absolute atomic E-state index is 13.0. The van der Waals surface area contributed by atoms with Crippen molar-refractivity contribution in [3.05, 3.63) is 54.1 Å². The Morgan fingerprint density at radius 3 is 2.63 bits per heavy atom. The van der Waals surface area contributed by atoms with Gasteiger partial charge in [0, 0.05) is 5.56 Å². The van der Waals surface area contributed by atoms with E-state index in [0.29, 0.717) is 10.5 Å². The number of hydrogen-bond acceptors (Lipinski definition) is 2. The van der Waals surface area contributed by atoms with Gasteiger partial charge in [-0.15, -0.1) is 11.3 Å². The van der Waals surface area contributed by atoms with E-state index in [-0.39, 0.29) is 5.56 Å². The maximum Gasteiger partial charge on any atom is 0.417 e. The van der Waals surface area contributed by atoms with Crippen LogP contribution in [0.5, 0.6) is 0 Å². The van der Waals surface area contributed by atoms with Crippen molar-refractivity contribution in [2.24, 2.45) is 0 Å². The number of aromatic nitrogens is 1. The smallest absolute Gasteiger partial charge is 0.236 e. The fourth-order valence-electron chi connectivity index (χ4n) is 1.84. The first-order valence-electron chi connectivity index (χ1n) is 5.49.